The number of benzene rings is 3. The summed E-state index contributed by atoms with van der Waals surface area (Å²) in [4.78, 5) is 3.74. The zero-order chi connectivity index (χ0) is 24.2. The number of nitrogens with zero attached hydrogens (tertiary/aromatic N) is 2. The Morgan fingerprint density at radius 2 is 1.70 bits per heavy atom. The maximum absolute atomic E-state index is 8.61. The number of rotatable bonds is 3. The van der Waals surface area contributed by atoms with Crippen LogP contribution in [0, 0.1) is 20.4 Å². The maximum atomic E-state index is 8.61. The van der Waals surface area contributed by atoms with E-state index in [0.29, 0.717) is 5.69 Å². The second-order valence-electron chi connectivity index (χ2n) is 8.91. The Morgan fingerprint density at radius 3 is 2.39 bits per heavy atom. The molecule has 0 aliphatic rings. The molecule has 0 fully saturated rings. The lowest BCUT2D eigenvalue weighted by Crippen LogP contribution is -2.35. The van der Waals surface area contributed by atoms with Gasteiger partial charge in [-0.2, -0.15) is 4.57 Å². The number of hydrogen-bond acceptors (Lipinski definition) is 1. The lowest BCUT2D eigenvalue weighted by Gasteiger charge is -2.11. The van der Waals surface area contributed by atoms with Crippen LogP contribution in [0.1, 0.15) is 37.9 Å². The van der Waals surface area contributed by atoms with Gasteiger partial charge in [-0.15, -0.1) is 0 Å². The number of aryl methyl sites for hydroxylation is 2. The van der Waals surface area contributed by atoms with Gasteiger partial charge in [-0.3, -0.25) is 0 Å². The van der Waals surface area contributed by atoms with Gasteiger partial charge in [0, 0.05) is 36.8 Å². The SMILES string of the molecule is [2H]C(C)(C)c1cc(C)[n+](C)c(-c2c(C)ccc3c2oc2c(-c4ccccc4)cc([N+]#[C-])cc23)c1. The summed E-state index contributed by atoms with van der Waals surface area (Å²) < 4.78 is 17.4. The molecule has 5 aromatic rings. The van der Waals surface area contributed by atoms with Crippen molar-refractivity contribution in [2.45, 2.75) is 33.6 Å². The van der Waals surface area contributed by atoms with Crippen LogP contribution in [-0.2, 0) is 7.05 Å². The fourth-order valence-electron chi connectivity index (χ4n) is 4.57. The van der Waals surface area contributed by atoms with E-state index >= 15 is 0 Å². The summed E-state index contributed by atoms with van der Waals surface area (Å²) in [7, 11) is 2.05. The van der Waals surface area contributed by atoms with E-state index in [1.54, 1.807) is 0 Å². The summed E-state index contributed by atoms with van der Waals surface area (Å²) in [5.74, 6) is -0.714. The van der Waals surface area contributed by atoms with Crippen LogP contribution in [0.15, 0.2) is 71.1 Å². The summed E-state index contributed by atoms with van der Waals surface area (Å²) in [6.45, 7) is 15.7. The molecule has 2 aromatic heterocycles. The van der Waals surface area contributed by atoms with Crippen molar-refractivity contribution >= 4 is 27.6 Å². The summed E-state index contributed by atoms with van der Waals surface area (Å²) >= 11 is 0. The molecule has 0 aliphatic heterocycles. The second-order valence-corrected chi connectivity index (χ2v) is 8.91. The van der Waals surface area contributed by atoms with E-state index in [0.717, 1.165) is 61.1 Å². The molecule has 0 atom stereocenters. The maximum Gasteiger partial charge on any atom is 0.216 e. The number of furan rings is 1. The van der Waals surface area contributed by atoms with E-state index in [1.807, 2.05) is 56.3 Å². The van der Waals surface area contributed by atoms with E-state index in [-0.39, 0.29) is 0 Å². The van der Waals surface area contributed by atoms with Crippen LogP contribution in [-0.4, -0.2) is 0 Å². The molecular formula is C30H27N2O+. The molecule has 0 spiro atoms. The van der Waals surface area contributed by atoms with Crippen LogP contribution in [0.2, 0.25) is 0 Å². The Hall–Kier alpha value is -3.90. The predicted octanol–water partition coefficient (Wildman–Crippen LogP) is 8.04. The third kappa shape index (κ3) is 3.39. The fraction of sp³-hybridized carbons (Fsp3) is 0.200. The van der Waals surface area contributed by atoms with Crippen LogP contribution in [0.5, 0.6) is 0 Å². The van der Waals surface area contributed by atoms with Crippen LogP contribution in [0.3, 0.4) is 0 Å². The van der Waals surface area contributed by atoms with Gasteiger partial charge >= 0.3 is 0 Å². The number of pyridine rings is 1. The first kappa shape index (κ1) is 19.8. The molecule has 162 valence electrons. The Bertz CT molecular complexity index is 1620. The minimum Gasteiger partial charge on any atom is -0.455 e. The molecule has 0 saturated carbocycles. The summed E-state index contributed by atoms with van der Waals surface area (Å²) in [6, 6.07) is 22.3. The normalized spacial score (nSPS) is 12.2. The topological polar surface area (TPSA) is 21.4 Å². The van der Waals surface area contributed by atoms with Crippen molar-refractivity contribution in [1.82, 2.24) is 0 Å². The van der Waals surface area contributed by atoms with Crippen LogP contribution >= 0.6 is 0 Å². The van der Waals surface area contributed by atoms with Gasteiger partial charge in [-0.1, -0.05) is 56.3 Å². The Labute approximate surface area is 196 Å². The third-order valence-electron chi connectivity index (χ3n) is 6.53. The van der Waals surface area contributed by atoms with E-state index < -0.39 is 5.89 Å². The fourth-order valence-corrected chi connectivity index (χ4v) is 4.57. The Morgan fingerprint density at radius 1 is 0.939 bits per heavy atom. The number of aromatic nitrogens is 1. The minimum absolute atomic E-state index is 0.593. The van der Waals surface area contributed by atoms with Crippen LogP contribution in [0.25, 0.3) is 49.2 Å². The van der Waals surface area contributed by atoms with Crippen molar-refractivity contribution in [3.63, 3.8) is 0 Å². The van der Waals surface area contributed by atoms with Gasteiger partial charge in [-0.25, -0.2) is 4.85 Å². The van der Waals surface area contributed by atoms with E-state index in [4.69, 9.17) is 12.4 Å². The van der Waals surface area contributed by atoms with E-state index in [1.165, 1.54) is 0 Å². The molecule has 3 heteroatoms. The highest BCUT2D eigenvalue weighted by Crippen LogP contribution is 2.42. The Kier molecular flexibility index (Phi) is 4.73. The van der Waals surface area contributed by atoms with Crippen LogP contribution < -0.4 is 4.57 Å². The lowest BCUT2D eigenvalue weighted by atomic mass is 9.95. The molecule has 0 aliphatic carbocycles. The van der Waals surface area contributed by atoms with Crippen LogP contribution in [0.4, 0.5) is 5.69 Å². The first-order chi connectivity index (χ1) is 16.2. The predicted molar refractivity (Wildman–Crippen MR) is 136 cm³/mol. The van der Waals surface area contributed by atoms with Crippen molar-refractivity contribution in [2.24, 2.45) is 7.05 Å². The van der Waals surface area contributed by atoms with E-state index in [2.05, 4.69) is 54.6 Å². The van der Waals surface area contributed by atoms with Gasteiger partial charge in [0.2, 0.25) is 5.69 Å². The second kappa shape index (κ2) is 7.90. The molecule has 0 unspecified atom stereocenters. The van der Waals surface area contributed by atoms with Gasteiger partial charge in [0.1, 0.15) is 18.2 Å². The standard InChI is InChI=1S/C30H27N2O/c1-18(2)22-14-20(4)32(6)27(15-22)28-19(3)12-13-24-26-17-23(31-5)16-25(29(26)33-30(24)28)21-10-8-7-9-11-21/h7-18H,1-4,6H3/q+1/i18D. The molecule has 33 heavy (non-hydrogen) atoms. The van der Waals surface area contributed by atoms with Crippen molar-refractivity contribution in [1.29, 1.82) is 0 Å². The van der Waals surface area contributed by atoms with Gasteiger partial charge in [0.25, 0.3) is 0 Å². The molecular weight excluding hydrogens is 404 g/mol. The molecule has 0 bridgehead atoms. The smallest absolute Gasteiger partial charge is 0.216 e. The molecule has 5 rings (SSSR count). The zero-order valence-electron chi connectivity index (χ0n) is 20.7. The minimum atomic E-state index is -0.714. The summed E-state index contributed by atoms with van der Waals surface area (Å²) in [5, 5.41) is 1.94. The molecule has 0 amide bonds. The van der Waals surface area contributed by atoms with E-state index in [9.17, 15) is 0 Å². The van der Waals surface area contributed by atoms with Crippen molar-refractivity contribution in [3.8, 4) is 22.4 Å². The molecule has 0 N–H and O–H groups in total. The molecule has 3 nitrogen and oxygen atoms in total. The molecule has 0 saturated heterocycles. The van der Waals surface area contributed by atoms with Gasteiger partial charge in [-0.05, 0) is 41.6 Å². The number of hydrogen-bond donors (Lipinski definition) is 0. The quantitative estimate of drug-likeness (QED) is 0.209. The average molecular weight is 433 g/mol. The highest BCUT2D eigenvalue weighted by molar-refractivity contribution is 6.14. The molecule has 3 aromatic carbocycles. The summed E-state index contributed by atoms with van der Waals surface area (Å²) in [6.07, 6.45) is 0. The van der Waals surface area contributed by atoms with Gasteiger partial charge in [0.05, 0.1) is 12.1 Å². The van der Waals surface area contributed by atoms with Crippen molar-refractivity contribution < 1.29 is 10.4 Å². The van der Waals surface area contributed by atoms with Crippen molar-refractivity contribution in [3.05, 3.63) is 95.0 Å². The largest absolute Gasteiger partial charge is 0.455 e. The monoisotopic (exact) mass is 432 g/mol. The van der Waals surface area contributed by atoms with Gasteiger partial charge in [0.15, 0.2) is 11.4 Å². The van der Waals surface area contributed by atoms with Gasteiger partial charge < -0.3 is 4.42 Å². The molecule has 0 radical (unpaired) electrons. The summed E-state index contributed by atoms with van der Waals surface area (Å²) in [5.41, 5.74) is 9.33. The number of fused-ring (bicyclic) bond motifs is 3. The highest BCUT2D eigenvalue weighted by atomic mass is 16.3. The third-order valence-corrected chi connectivity index (χ3v) is 6.53. The first-order valence-electron chi connectivity index (χ1n) is 11.6. The highest BCUT2D eigenvalue weighted by Gasteiger charge is 2.24. The zero-order valence-corrected chi connectivity index (χ0v) is 19.7. The molecule has 2 heterocycles. The average Bonchev–Trinajstić information content (AvgIpc) is 3.18. The lowest BCUT2D eigenvalue weighted by molar-refractivity contribution is -0.666. The van der Waals surface area contributed by atoms with Crippen molar-refractivity contribution in [2.75, 3.05) is 0 Å². The first-order valence-corrected chi connectivity index (χ1v) is 11.1. The Balaban J connectivity index is 1.91.